The Labute approximate surface area is 132 Å². The van der Waals surface area contributed by atoms with E-state index < -0.39 is 6.10 Å². The van der Waals surface area contributed by atoms with E-state index in [0.717, 1.165) is 0 Å². The first kappa shape index (κ1) is 17.0. The van der Waals surface area contributed by atoms with Crippen molar-refractivity contribution in [3.05, 3.63) is 29.8 Å². The number of benzene rings is 1. The molecule has 1 aromatic rings. The van der Waals surface area contributed by atoms with Crippen LogP contribution in [0.25, 0.3) is 0 Å². The second-order valence-electron chi connectivity index (χ2n) is 6.32. The van der Waals surface area contributed by atoms with Crippen molar-refractivity contribution < 1.29 is 14.6 Å². The third kappa shape index (κ3) is 5.11. The lowest BCUT2D eigenvalue weighted by Crippen LogP contribution is -2.42. The van der Waals surface area contributed by atoms with E-state index in [9.17, 15) is 9.90 Å². The van der Waals surface area contributed by atoms with Crippen LogP contribution in [0.15, 0.2) is 24.3 Å². The number of hydrogen-bond acceptors (Lipinski definition) is 4. The third-order valence-electron chi connectivity index (χ3n) is 4.43. The Morgan fingerprint density at radius 2 is 2.00 bits per heavy atom. The van der Waals surface area contributed by atoms with E-state index >= 15 is 0 Å². The number of Topliss-reactive ketones (excluding diaryl/α,β-unsaturated/α-hetero) is 1. The summed E-state index contributed by atoms with van der Waals surface area (Å²) in [5.74, 6) is 1.40. The lowest BCUT2D eigenvalue weighted by molar-refractivity contribution is 0.0982. The molecule has 2 N–H and O–H groups in total. The van der Waals surface area contributed by atoms with Crippen LogP contribution in [0.3, 0.4) is 0 Å². The molecular formula is C18H27NO3. The zero-order valence-corrected chi connectivity index (χ0v) is 13.5. The minimum Gasteiger partial charge on any atom is -0.491 e. The van der Waals surface area contributed by atoms with Crippen LogP contribution < -0.4 is 10.1 Å². The number of rotatable bonds is 7. The largest absolute Gasteiger partial charge is 0.491 e. The maximum absolute atomic E-state index is 11.2. The molecule has 0 aromatic heterocycles. The molecule has 4 heteroatoms. The van der Waals surface area contributed by atoms with Gasteiger partial charge < -0.3 is 15.2 Å². The van der Waals surface area contributed by atoms with Gasteiger partial charge in [-0.25, -0.2) is 0 Å². The highest BCUT2D eigenvalue weighted by Crippen LogP contribution is 2.23. The molecule has 0 saturated heterocycles. The summed E-state index contributed by atoms with van der Waals surface area (Å²) in [6.45, 7) is 4.63. The Kier molecular flexibility index (Phi) is 6.40. The summed E-state index contributed by atoms with van der Waals surface area (Å²) < 4.78 is 5.57. The van der Waals surface area contributed by atoms with Gasteiger partial charge in [0.15, 0.2) is 5.78 Å². The summed E-state index contributed by atoms with van der Waals surface area (Å²) in [7, 11) is 0. The van der Waals surface area contributed by atoms with Crippen LogP contribution in [0.1, 0.15) is 49.9 Å². The molecule has 0 heterocycles. The Hall–Kier alpha value is -1.39. The summed E-state index contributed by atoms with van der Waals surface area (Å²) in [6, 6.07) is 7.52. The molecule has 0 bridgehead atoms. The minimum absolute atomic E-state index is 0.0392. The first-order chi connectivity index (χ1) is 10.6. The highest BCUT2D eigenvalue weighted by molar-refractivity contribution is 5.94. The summed E-state index contributed by atoms with van der Waals surface area (Å²) in [6.07, 6.45) is 4.54. The van der Waals surface area contributed by atoms with E-state index in [1.807, 2.05) is 0 Å². The first-order valence-electron chi connectivity index (χ1n) is 8.21. The van der Waals surface area contributed by atoms with Crippen molar-refractivity contribution >= 4 is 5.78 Å². The predicted octanol–water partition coefficient (Wildman–Crippen LogP) is 2.80. The number of hydrogen-bond donors (Lipinski definition) is 2. The van der Waals surface area contributed by atoms with Crippen molar-refractivity contribution in [2.45, 2.75) is 51.7 Å². The monoisotopic (exact) mass is 305 g/mol. The van der Waals surface area contributed by atoms with Crippen molar-refractivity contribution in [2.24, 2.45) is 5.92 Å². The average molecular weight is 305 g/mol. The second kappa shape index (κ2) is 8.30. The molecule has 3 atom stereocenters. The van der Waals surface area contributed by atoms with Crippen LogP contribution in [0.4, 0.5) is 0 Å². The Balaban J connectivity index is 1.70. The number of ketones is 1. The third-order valence-corrected chi connectivity index (χ3v) is 4.43. The highest BCUT2D eigenvalue weighted by Gasteiger charge is 2.21. The van der Waals surface area contributed by atoms with Crippen LogP contribution in [-0.2, 0) is 0 Å². The molecule has 122 valence electrons. The van der Waals surface area contributed by atoms with E-state index in [4.69, 9.17) is 4.74 Å². The molecule has 1 fully saturated rings. The van der Waals surface area contributed by atoms with E-state index in [1.54, 1.807) is 24.3 Å². The van der Waals surface area contributed by atoms with Gasteiger partial charge in [0.1, 0.15) is 18.5 Å². The van der Waals surface area contributed by atoms with Gasteiger partial charge >= 0.3 is 0 Å². The molecule has 1 aliphatic rings. The molecular weight excluding hydrogens is 278 g/mol. The molecule has 0 unspecified atom stereocenters. The normalized spacial score (nSPS) is 23.0. The van der Waals surface area contributed by atoms with Gasteiger partial charge in [0.05, 0.1) is 0 Å². The molecule has 1 saturated carbocycles. The summed E-state index contributed by atoms with van der Waals surface area (Å²) in [5.41, 5.74) is 0.667. The quantitative estimate of drug-likeness (QED) is 0.761. The molecule has 4 nitrogen and oxygen atoms in total. The topological polar surface area (TPSA) is 58.6 Å². The standard InChI is InChI=1S/C18H27NO3/c1-13-5-3-4-6-18(13)19-11-16(21)12-22-17-9-7-15(8-10-17)14(2)20/h7-10,13,16,18-19,21H,3-6,11-12H2,1-2H3/t13-,16+,18+/m1/s1. The fourth-order valence-corrected chi connectivity index (χ4v) is 2.94. The van der Waals surface area contributed by atoms with Gasteiger partial charge in [-0.1, -0.05) is 19.8 Å². The lowest BCUT2D eigenvalue weighted by atomic mass is 9.86. The fourth-order valence-electron chi connectivity index (χ4n) is 2.94. The van der Waals surface area contributed by atoms with Crippen LogP contribution in [0.5, 0.6) is 5.75 Å². The van der Waals surface area contributed by atoms with E-state index in [1.165, 1.54) is 32.6 Å². The zero-order chi connectivity index (χ0) is 15.9. The molecule has 1 aliphatic carbocycles. The van der Waals surface area contributed by atoms with Gasteiger partial charge in [0, 0.05) is 18.2 Å². The lowest BCUT2D eigenvalue weighted by Gasteiger charge is -2.30. The molecule has 0 aliphatic heterocycles. The highest BCUT2D eigenvalue weighted by atomic mass is 16.5. The van der Waals surface area contributed by atoms with Gasteiger partial charge in [-0.3, -0.25) is 4.79 Å². The molecule has 0 spiro atoms. The second-order valence-corrected chi connectivity index (χ2v) is 6.32. The van der Waals surface area contributed by atoms with Crippen LogP contribution >= 0.6 is 0 Å². The minimum atomic E-state index is -0.526. The Morgan fingerprint density at radius 1 is 1.32 bits per heavy atom. The number of aliphatic hydroxyl groups is 1. The molecule has 22 heavy (non-hydrogen) atoms. The summed E-state index contributed by atoms with van der Waals surface area (Å²) >= 11 is 0. The van der Waals surface area contributed by atoms with Crippen LogP contribution in [-0.4, -0.2) is 36.2 Å². The van der Waals surface area contributed by atoms with Crippen molar-refractivity contribution in [1.29, 1.82) is 0 Å². The van der Waals surface area contributed by atoms with Crippen LogP contribution in [0.2, 0.25) is 0 Å². The predicted molar refractivity (Wildman–Crippen MR) is 87.4 cm³/mol. The van der Waals surface area contributed by atoms with Gasteiger partial charge in [-0.2, -0.15) is 0 Å². The smallest absolute Gasteiger partial charge is 0.159 e. The first-order valence-corrected chi connectivity index (χ1v) is 8.21. The van der Waals surface area contributed by atoms with E-state index in [-0.39, 0.29) is 12.4 Å². The Bertz CT molecular complexity index is 472. The van der Waals surface area contributed by atoms with Crippen molar-refractivity contribution in [3.8, 4) is 5.75 Å². The number of nitrogens with one attached hydrogen (secondary N) is 1. The summed E-state index contributed by atoms with van der Waals surface area (Å²) in [5, 5.41) is 13.5. The maximum Gasteiger partial charge on any atom is 0.159 e. The van der Waals surface area contributed by atoms with Crippen molar-refractivity contribution in [1.82, 2.24) is 5.32 Å². The molecule has 0 amide bonds. The van der Waals surface area contributed by atoms with Gasteiger partial charge in [-0.15, -0.1) is 0 Å². The maximum atomic E-state index is 11.2. The van der Waals surface area contributed by atoms with Gasteiger partial charge in [0.2, 0.25) is 0 Å². The number of carbonyl (C=O) groups excluding carboxylic acids is 1. The number of aliphatic hydroxyl groups excluding tert-OH is 1. The van der Waals surface area contributed by atoms with Gasteiger partial charge in [0.25, 0.3) is 0 Å². The molecule has 0 radical (unpaired) electrons. The average Bonchev–Trinajstić information content (AvgIpc) is 2.52. The van der Waals surface area contributed by atoms with Crippen molar-refractivity contribution in [2.75, 3.05) is 13.2 Å². The Morgan fingerprint density at radius 3 is 2.64 bits per heavy atom. The van der Waals surface area contributed by atoms with Crippen molar-refractivity contribution in [3.63, 3.8) is 0 Å². The molecule has 1 aromatic carbocycles. The molecule has 2 rings (SSSR count). The summed E-state index contributed by atoms with van der Waals surface area (Å²) in [4.78, 5) is 11.2. The van der Waals surface area contributed by atoms with Crippen LogP contribution in [0, 0.1) is 5.92 Å². The SMILES string of the molecule is CC(=O)c1ccc(OC[C@@H](O)CN[C@H]2CCCC[C@H]2C)cc1. The fraction of sp³-hybridized carbons (Fsp3) is 0.611. The van der Waals surface area contributed by atoms with E-state index in [2.05, 4.69) is 12.2 Å². The number of ether oxygens (including phenoxy) is 1. The van der Waals surface area contributed by atoms with E-state index in [0.29, 0.717) is 29.8 Å². The number of carbonyl (C=O) groups is 1. The zero-order valence-electron chi connectivity index (χ0n) is 13.5. The van der Waals surface area contributed by atoms with Gasteiger partial charge in [-0.05, 0) is 49.9 Å².